The van der Waals surface area contributed by atoms with E-state index < -0.39 is 0 Å². The predicted octanol–water partition coefficient (Wildman–Crippen LogP) is 3.83. The molecule has 1 aromatic heterocycles. The summed E-state index contributed by atoms with van der Waals surface area (Å²) >= 11 is 0. The highest BCUT2D eigenvalue weighted by molar-refractivity contribution is 6.00. The fourth-order valence-corrected chi connectivity index (χ4v) is 4.51. The standard InChI is InChI=1S/C27H33N5O2/c1-20-18-25(23-10-6-7-11-24(23)29-20)30-27(34)28-15-17-32-16-14-22(19-32)31(2)26(33)13-12-21-8-4-3-5-9-21/h3-11,18,22H,12-17,19H2,1-2H3,(H2,28,29,30,34). The Morgan fingerprint density at radius 2 is 1.88 bits per heavy atom. The van der Waals surface area contributed by atoms with E-state index in [-0.39, 0.29) is 18.0 Å². The number of urea groups is 1. The second kappa shape index (κ2) is 11.1. The molecule has 1 atom stereocenters. The molecule has 178 valence electrons. The lowest BCUT2D eigenvalue weighted by Gasteiger charge is -2.25. The van der Waals surface area contributed by atoms with E-state index in [0.717, 1.165) is 54.8 Å². The second-order valence-electron chi connectivity index (χ2n) is 8.94. The Morgan fingerprint density at radius 1 is 1.12 bits per heavy atom. The summed E-state index contributed by atoms with van der Waals surface area (Å²) in [6, 6.07) is 19.8. The van der Waals surface area contributed by atoms with E-state index in [1.54, 1.807) is 0 Å². The molecule has 34 heavy (non-hydrogen) atoms. The average Bonchev–Trinajstić information content (AvgIpc) is 3.31. The van der Waals surface area contributed by atoms with Crippen LogP contribution >= 0.6 is 0 Å². The number of benzene rings is 2. The third-order valence-electron chi connectivity index (χ3n) is 6.47. The van der Waals surface area contributed by atoms with Crippen molar-refractivity contribution in [2.75, 3.05) is 38.5 Å². The number of aryl methyl sites for hydroxylation is 2. The van der Waals surface area contributed by atoms with Crippen LogP contribution in [-0.2, 0) is 11.2 Å². The summed E-state index contributed by atoms with van der Waals surface area (Å²) in [5, 5.41) is 6.84. The van der Waals surface area contributed by atoms with Gasteiger partial charge < -0.3 is 15.5 Å². The summed E-state index contributed by atoms with van der Waals surface area (Å²) < 4.78 is 0. The maximum absolute atomic E-state index is 12.6. The number of carbonyl (C=O) groups excluding carboxylic acids is 2. The van der Waals surface area contributed by atoms with E-state index in [4.69, 9.17) is 0 Å². The SMILES string of the molecule is Cc1cc(NC(=O)NCCN2CCC(N(C)C(=O)CCc3ccccc3)C2)c2ccccc2n1. The number of hydrogen-bond acceptors (Lipinski definition) is 4. The number of likely N-dealkylation sites (N-methyl/N-ethyl adjacent to an activating group) is 1. The summed E-state index contributed by atoms with van der Waals surface area (Å²) in [6.07, 6.45) is 2.26. The summed E-state index contributed by atoms with van der Waals surface area (Å²) in [4.78, 5) is 33.8. The molecule has 1 aliphatic heterocycles. The Hall–Kier alpha value is -3.45. The van der Waals surface area contributed by atoms with Crippen LogP contribution < -0.4 is 10.6 Å². The highest BCUT2D eigenvalue weighted by atomic mass is 16.2. The second-order valence-corrected chi connectivity index (χ2v) is 8.94. The molecule has 2 aromatic carbocycles. The van der Waals surface area contributed by atoms with Crippen LogP contribution in [0.15, 0.2) is 60.7 Å². The van der Waals surface area contributed by atoms with Gasteiger partial charge in [-0.25, -0.2) is 4.79 Å². The molecular formula is C27H33N5O2. The van der Waals surface area contributed by atoms with Gasteiger partial charge in [0, 0.05) is 56.8 Å². The number of aromatic nitrogens is 1. The molecule has 0 saturated carbocycles. The van der Waals surface area contributed by atoms with Crippen LogP contribution in [0.5, 0.6) is 0 Å². The zero-order valence-electron chi connectivity index (χ0n) is 20.0. The van der Waals surface area contributed by atoms with Gasteiger partial charge in [-0.1, -0.05) is 48.5 Å². The third-order valence-corrected chi connectivity index (χ3v) is 6.47. The number of hydrogen-bond donors (Lipinski definition) is 2. The molecule has 7 heteroatoms. The zero-order valence-corrected chi connectivity index (χ0v) is 20.0. The van der Waals surface area contributed by atoms with Crippen molar-refractivity contribution in [3.63, 3.8) is 0 Å². The number of anilines is 1. The molecule has 7 nitrogen and oxygen atoms in total. The van der Waals surface area contributed by atoms with E-state index in [2.05, 4.69) is 32.7 Å². The number of pyridine rings is 1. The topological polar surface area (TPSA) is 77.6 Å². The number of rotatable bonds is 8. The molecule has 1 fully saturated rings. The summed E-state index contributed by atoms with van der Waals surface area (Å²) in [5.41, 5.74) is 3.68. The molecule has 2 N–H and O–H groups in total. The van der Waals surface area contributed by atoms with Crippen molar-refractivity contribution >= 4 is 28.5 Å². The number of amides is 3. The molecule has 1 aliphatic rings. The number of likely N-dealkylation sites (tertiary alicyclic amines) is 1. The van der Waals surface area contributed by atoms with Crippen LogP contribution in [0, 0.1) is 6.92 Å². The predicted molar refractivity (Wildman–Crippen MR) is 136 cm³/mol. The molecule has 0 spiro atoms. The van der Waals surface area contributed by atoms with Crippen molar-refractivity contribution < 1.29 is 9.59 Å². The molecule has 1 unspecified atom stereocenters. The van der Waals surface area contributed by atoms with E-state index in [9.17, 15) is 9.59 Å². The lowest BCUT2D eigenvalue weighted by molar-refractivity contribution is -0.131. The maximum atomic E-state index is 12.6. The van der Waals surface area contributed by atoms with Gasteiger partial charge in [0.2, 0.25) is 5.91 Å². The van der Waals surface area contributed by atoms with E-state index in [1.807, 2.05) is 67.4 Å². The molecular weight excluding hydrogens is 426 g/mol. The first kappa shape index (κ1) is 23.7. The maximum Gasteiger partial charge on any atom is 0.319 e. The quantitative estimate of drug-likeness (QED) is 0.537. The van der Waals surface area contributed by atoms with Gasteiger partial charge in [-0.2, -0.15) is 0 Å². The minimum Gasteiger partial charge on any atom is -0.341 e. The Kier molecular flexibility index (Phi) is 7.75. The van der Waals surface area contributed by atoms with Gasteiger partial charge in [-0.15, -0.1) is 0 Å². The van der Waals surface area contributed by atoms with Gasteiger partial charge in [0.05, 0.1) is 11.2 Å². The zero-order chi connectivity index (χ0) is 23.9. The minimum atomic E-state index is -0.222. The van der Waals surface area contributed by atoms with E-state index in [1.165, 1.54) is 5.56 Å². The fraction of sp³-hybridized carbons (Fsp3) is 0.370. The molecule has 1 saturated heterocycles. The Labute approximate surface area is 201 Å². The average molecular weight is 460 g/mol. The van der Waals surface area contributed by atoms with Crippen LogP contribution in [0.4, 0.5) is 10.5 Å². The van der Waals surface area contributed by atoms with E-state index >= 15 is 0 Å². The van der Waals surface area contributed by atoms with Crippen molar-refractivity contribution in [2.45, 2.75) is 32.2 Å². The van der Waals surface area contributed by atoms with Crippen molar-refractivity contribution in [1.82, 2.24) is 20.1 Å². The highest BCUT2D eigenvalue weighted by Crippen LogP contribution is 2.22. The Morgan fingerprint density at radius 3 is 2.71 bits per heavy atom. The smallest absolute Gasteiger partial charge is 0.319 e. The number of nitrogens with zero attached hydrogens (tertiary/aromatic N) is 3. The largest absolute Gasteiger partial charge is 0.341 e. The number of carbonyl (C=O) groups is 2. The van der Waals surface area contributed by atoms with Crippen molar-refractivity contribution in [2.24, 2.45) is 0 Å². The van der Waals surface area contributed by atoms with Crippen molar-refractivity contribution in [3.8, 4) is 0 Å². The van der Waals surface area contributed by atoms with Crippen LogP contribution in [0.3, 0.4) is 0 Å². The lowest BCUT2D eigenvalue weighted by atomic mass is 10.1. The van der Waals surface area contributed by atoms with Gasteiger partial charge in [-0.3, -0.25) is 14.7 Å². The molecule has 0 bridgehead atoms. The first-order valence-electron chi connectivity index (χ1n) is 11.9. The molecule has 0 aliphatic carbocycles. The number of nitrogens with one attached hydrogen (secondary N) is 2. The lowest BCUT2D eigenvalue weighted by Crippen LogP contribution is -2.40. The monoisotopic (exact) mass is 459 g/mol. The summed E-state index contributed by atoms with van der Waals surface area (Å²) in [7, 11) is 1.91. The van der Waals surface area contributed by atoms with Crippen molar-refractivity contribution in [1.29, 1.82) is 0 Å². The number of fused-ring (bicyclic) bond motifs is 1. The Bertz CT molecular complexity index is 1130. The first-order chi connectivity index (χ1) is 16.5. The van der Waals surface area contributed by atoms with Gasteiger partial charge >= 0.3 is 6.03 Å². The van der Waals surface area contributed by atoms with Crippen LogP contribution in [0.2, 0.25) is 0 Å². The summed E-state index contributed by atoms with van der Waals surface area (Å²) in [6.45, 7) is 4.99. The van der Waals surface area contributed by atoms with Gasteiger partial charge in [0.1, 0.15) is 0 Å². The Balaban J connectivity index is 1.19. The molecule has 4 rings (SSSR count). The highest BCUT2D eigenvalue weighted by Gasteiger charge is 2.27. The third kappa shape index (κ3) is 6.11. The first-order valence-corrected chi connectivity index (χ1v) is 11.9. The van der Waals surface area contributed by atoms with Gasteiger partial charge in [-0.05, 0) is 37.5 Å². The van der Waals surface area contributed by atoms with Crippen LogP contribution in [0.25, 0.3) is 10.9 Å². The van der Waals surface area contributed by atoms with Crippen LogP contribution in [-0.4, -0.2) is 66.0 Å². The van der Waals surface area contributed by atoms with Gasteiger partial charge in [0.15, 0.2) is 0 Å². The fourth-order valence-electron chi connectivity index (χ4n) is 4.51. The molecule has 3 amide bonds. The minimum absolute atomic E-state index is 0.188. The van der Waals surface area contributed by atoms with E-state index in [0.29, 0.717) is 13.0 Å². The molecule has 2 heterocycles. The van der Waals surface area contributed by atoms with Gasteiger partial charge in [0.25, 0.3) is 0 Å². The van der Waals surface area contributed by atoms with Crippen molar-refractivity contribution in [3.05, 3.63) is 71.9 Å². The molecule has 0 radical (unpaired) electrons. The normalized spacial score (nSPS) is 15.9. The molecule has 3 aromatic rings. The summed E-state index contributed by atoms with van der Waals surface area (Å²) in [5.74, 6) is 0.188. The van der Waals surface area contributed by atoms with Crippen LogP contribution in [0.1, 0.15) is 24.1 Å². The number of para-hydroxylation sites is 1.